The van der Waals surface area contributed by atoms with E-state index < -0.39 is 0 Å². The van der Waals surface area contributed by atoms with Crippen molar-refractivity contribution in [2.45, 2.75) is 6.61 Å². The van der Waals surface area contributed by atoms with Crippen LogP contribution in [0.25, 0.3) is 10.6 Å². The van der Waals surface area contributed by atoms with Crippen LogP contribution in [0, 0.1) is 0 Å². The molecule has 0 fully saturated rings. The van der Waals surface area contributed by atoms with Crippen molar-refractivity contribution in [3.63, 3.8) is 0 Å². The smallest absolute Gasteiger partial charge is 0.129 e. The van der Waals surface area contributed by atoms with Gasteiger partial charge in [0.2, 0.25) is 0 Å². The van der Waals surface area contributed by atoms with Gasteiger partial charge in [-0.05, 0) is 18.2 Å². The Labute approximate surface area is 102 Å². The Balaban J connectivity index is 2.49. The van der Waals surface area contributed by atoms with Gasteiger partial charge in [0.15, 0.2) is 0 Å². The predicted molar refractivity (Wildman–Crippen MR) is 65.0 cm³/mol. The summed E-state index contributed by atoms with van der Waals surface area (Å²) in [4.78, 5) is 5.04. The zero-order chi connectivity index (χ0) is 11.5. The third-order valence-electron chi connectivity index (χ3n) is 2.10. The van der Waals surface area contributed by atoms with Gasteiger partial charge in [0.1, 0.15) is 10.8 Å². The normalized spacial score (nSPS) is 10.4. The molecule has 1 aromatic carbocycles. The van der Waals surface area contributed by atoms with E-state index in [1.165, 1.54) is 11.3 Å². The van der Waals surface area contributed by atoms with Crippen LogP contribution in [-0.4, -0.2) is 17.2 Å². The number of aliphatic hydroxyl groups excluding tert-OH is 1. The standard InChI is InChI=1S/C11H10ClNO2S/c1-15-10-3-2-7(12)4-9(10)11-13-5-8(6-14)16-11/h2-5,14H,6H2,1H3. The highest BCUT2D eigenvalue weighted by atomic mass is 35.5. The number of rotatable bonds is 3. The lowest BCUT2D eigenvalue weighted by Gasteiger charge is -2.05. The second-order valence-corrected chi connectivity index (χ2v) is 4.69. The first kappa shape index (κ1) is 11.4. The second kappa shape index (κ2) is 4.82. The topological polar surface area (TPSA) is 42.4 Å². The summed E-state index contributed by atoms with van der Waals surface area (Å²) in [6, 6.07) is 5.38. The quantitative estimate of drug-likeness (QED) is 0.917. The molecule has 0 aliphatic carbocycles. The monoisotopic (exact) mass is 255 g/mol. The van der Waals surface area contributed by atoms with Gasteiger partial charge in [-0.25, -0.2) is 4.98 Å². The summed E-state index contributed by atoms with van der Waals surface area (Å²) in [5.41, 5.74) is 0.847. The lowest BCUT2D eigenvalue weighted by atomic mass is 10.2. The number of benzene rings is 1. The molecule has 84 valence electrons. The fourth-order valence-corrected chi connectivity index (χ4v) is 2.32. The number of thiazole rings is 1. The first-order valence-corrected chi connectivity index (χ1v) is 5.83. The Morgan fingerprint density at radius 1 is 1.50 bits per heavy atom. The fraction of sp³-hybridized carbons (Fsp3) is 0.182. The maximum Gasteiger partial charge on any atom is 0.129 e. The van der Waals surface area contributed by atoms with Crippen LogP contribution in [0.2, 0.25) is 5.02 Å². The summed E-state index contributed by atoms with van der Waals surface area (Å²) in [6.45, 7) is 0.000544. The average Bonchev–Trinajstić information content (AvgIpc) is 2.77. The zero-order valence-corrected chi connectivity index (χ0v) is 10.2. The molecule has 0 aliphatic heterocycles. The lowest BCUT2D eigenvalue weighted by Crippen LogP contribution is -1.86. The number of ether oxygens (including phenoxy) is 1. The Bertz CT molecular complexity index is 498. The Morgan fingerprint density at radius 3 is 2.94 bits per heavy atom. The van der Waals surface area contributed by atoms with Crippen molar-refractivity contribution in [3.8, 4) is 16.3 Å². The van der Waals surface area contributed by atoms with Crippen LogP contribution < -0.4 is 4.74 Å². The van der Waals surface area contributed by atoms with E-state index in [0.717, 1.165) is 21.2 Å². The number of methoxy groups -OCH3 is 1. The van der Waals surface area contributed by atoms with Crippen LogP contribution in [0.3, 0.4) is 0 Å². The van der Waals surface area contributed by atoms with E-state index in [9.17, 15) is 0 Å². The molecule has 2 aromatic rings. The molecule has 1 aromatic heterocycles. The molecule has 3 nitrogen and oxygen atoms in total. The van der Waals surface area contributed by atoms with Gasteiger partial charge in [-0.1, -0.05) is 11.6 Å². The number of hydrogen-bond donors (Lipinski definition) is 1. The number of halogens is 1. The molecule has 2 rings (SSSR count). The van der Waals surface area contributed by atoms with Gasteiger partial charge in [0.05, 0.1) is 24.2 Å². The van der Waals surface area contributed by atoms with Crippen LogP contribution in [0.5, 0.6) is 5.75 Å². The summed E-state index contributed by atoms with van der Waals surface area (Å²) in [7, 11) is 1.60. The molecule has 5 heteroatoms. The van der Waals surface area contributed by atoms with Crippen LogP contribution in [0.15, 0.2) is 24.4 Å². The van der Waals surface area contributed by atoms with Crippen molar-refractivity contribution in [1.82, 2.24) is 4.98 Å². The van der Waals surface area contributed by atoms with E-state index >= 15 is 0 Å². The summed E-state index contributed by atoms with van der Waals surface area (Å²) < 4.78 is 5.24. The molecule has 0 unspecified atom stereocenters. The molecule has 1 heterocycles. The van der Waals surface area contributed by atoms with E-state index in [1.807, 2.05) is 0 Å². The summed E-state index contributed by atoms with van der Waals surface area (Å²) in [5, 5.41) is 10.4. The SMILES string of the molecule is COc1ccc(Cl)cc1-c1ncc(CO)s1. The van der Waals surface area contributed by atoms with Crippen molar-refractivity contribution in [2.75, 3.05) is 7.11 Å². The molecule has 1 N–H and O–H groups in total. The molecule has 0 radical (unpaired) electrons. The molecule has 0 aliphatic rings. The van der Waals surface area contributed by atoms with E-state index in [2.05, 4.69) is 4.98 Å². The van der Waals surface area contributed by atoms with Crippen LogP contribution >= 0.6 is 22.9 Å². The molecule has 0 saturated heterocycles. The van der Waals surface area contributed by atoms with Gasteiger partial charge in [-0.3, -0.25) is 0 Å². The van der Waals surface area contributed by atoms with Crippen molar-refractivity contribution in [2.24, 2.45) is 0 Å². The number of aromatic nitrogens is 1. The summed E-state index contributed by atoms with van der Waals surface area (Å²) in [6.07, 6.45) is 1.65. The van der Waals surface area contributed by atoms with Crippen LogP contribution in [0.1, 0.15) is 4.88 Å². The van der Waals surface area contributed by atoms with Gasteiger partial charge >= 0.3 is 0 Å². The number of nitrogens with zero attached hydrogens (tertiary/aromatic N) is 1. The Kier molecular flexibility index (Phi) is 3.43. The molecule has 0 amide bonds. The molecular weight excluding hydrogens is 246 g/mol. The minimum atomic E-state index is 0.000544. The highest BCUT2D eigenvalue weighted by Crippen LogP contribution is 2.34. The highest BCUT2D eigenvalue weighted by molar-refractivity contribution is 7.15. The second-order valence-electron chi connectivity index (χ2n) is 3.13. The summed E-state index contributed by atoms with van der Waals surface area (Å²) >= 11 is 7.36. The van der Waals surface area contributed by atoms with Gasteiger partial charge < -0.3 is 9.84 Å². The minimum Gasteiger partial charge on any atom is -0.496 e. The largest absolute Gasteiger partial charge is 0.496 e. The third kappa shape index (κ3) is 2.19. The van der Waals surface area contributed by atoms with Crippen molar-refractivity contribution < 1.29 is 9.84 Å². The fourth-order valence-electron chi connectivity index (χ4n) is 1.35. The highest BCUT2D eigenvalue weighted by Gasteiger charge is 2.10. The predicted octanol–water partition coefficient (Wildman–Crippen LogP) is 2.96. The van der Waals surface area contributed by atoms with E-state index in [-0.39, 0.29) is 6.61 Å². The first-order valence-electron chi connectivity index (χ1n) is 4.64. The third-order valence-corrected chi connectivity index (χ3v) is 3.35. The summed E-state index contributed by atoms with van der Waals surface area (Å²) in [5.74, 6) is 0.725. The number of hydrogen-bond acceptors (Lipinski definition) is 4. The molecular formula is C11H10ClNO2S. The van der Waals surface area contributed by atoms with Crippen molar-refractivity contribution in [1.29, 1.82) is 0 Å². The van der Waals surface area contributed by atoms with E-state index in [4.69, 9.17) is 21.4 Å². The Hall–Kier alpha value is -1.10. The maximum absolute atomic E-state index is 8.99. The minimum absolute atomic E-state index is 0.000544. The average molecular weight is 256 g/mol. The van der Waals surface area contributed by atoms with Gasteiger partial charge in [-0.2, -0.15) is 0 Å². The number of aliphatic hydroxyl groups is 1. The van der Waals surface area contributed by atoms with Gasteiger partial charge in [0.25, 0.3) is 0 Å². The Morgan fingerprint density at radius 2 is 2.31 bits per heavy atom. The van der Waals surface area contributed by atoms with E-state index in [0.29, 0.717) is 5.02 Å². The maximum atomic E-state index is 8.99. The zero-order valence-electron chi connectivity index (χ0n) is 8.61. The molecule has 0 atom stereocenters. The van der Waals surface area contributed by atoms with Gasteiger partial charge in [-0.15, -0.1) is 11.3 Å². The molecule has 16 heavy (non-hydrogen) atoms. The lowest BCUT2D eigenvalue weighted by molar-refractivity contribution is 0.285. The molecule has 0 saturated carbocycles. The molecule has 0 bridgehead atoms. The van der Waals surface area contributed by atoms with Crippen LogP contribution in [-0.2, 0) is 6.61 Å². The van der Waals surface area contributed by atoms with Crippen LogP contribution in [0.4, 0.5) is 0 Å². The van der Waals surface area contributed by atoms with Crippen molar-refractivity contribution in [3.05, 3.63) is 34.3 Å². The molecule has 0 spiro atoms. The van der Waals surface area contributed by atoms with E-state index in [1.54, 1.807) is 31.5 Å². The van der Waals surface area contributed by atoms with Gasteiger partial charge in [0, 0.05) is 11.2 Å². The van der Waals surface area contributed by atoms with Crippen molar-refractivity contribution >= 4 is 22.9 Å². The first-order chi connectivity index (χ1) is 7.74.